The fraction of sp³-hybridized carbons (Fsp3) is 0.833. The highest BCUT2D eigenvalue weighted by Crippen LogP contribution is 2.24. The highest BCUT2D eigenvalue weighted by atomic mass is 16.6. The molecule has 0 aliphatic carbocycles. The maximum absolute atomic E-state index is 12.2. The van der Waals surface area contributed by atoms with Crippen molar-refractivity contribution in [2.75, 3.05) is 13.1 Å². The minimum atomic E-state index is -0.392. The van der Waals surface area contributed by atoms with Crippen LogP contribution in [0, 0.1) is 5.92 Å². The van der Waals surface area contributed by atoms with Crippen molar-refractivity contribution in [2.24, 2.45) is 5.92 Å². The average Bonchev–Trinajstić information content (AvgIpc) is 2.98. The van der Waals surface area contributed by atoms with E-state index in [9.17, 15) is 14.4 Å². The van der Waals surface area contributed by atoms with Gasteiger partial charge in [0, 0.05) is 44.3 Å². The third-order valence-electron chi connectivity index (χ3n) is 5.11. The van der Waals surface area contributed by atoms with Crippen LogP contribution in [0.4, 0.5) is 0 Å². The smallest absolute Gasteiger partial charge is 0.306 e. The van der Waals surface area contributed by atoms with Crippen molar-refractivity contribution in [3.05, 3.63) is 0 Å². The van der Waals surface area contributed by atoms with Gasteiger partial charge in [-0.25, -0.2) is 0 Å². The Morgan fingerprint density at radius 3 is 2.44 bits per heavy atom. The number of nitrogens with zero attached hydrogens (tertiary/aromatic N) is 1. The Bertz CT molecular complexity index is 490. The van der Waals surface area contributed by atoms with Gasteiger partial charge in [-0.3, -0.25) is 14.4 Å². The SMILES string of the molecule is [B][C@H]1CC(OC(=O)CCC(=O)N2CCC(C(=O)CC)CC2)[C@@H](CC)O1. The van der Waals surface area contributed by atoms with E-state index in [1.165, 1.54) is 0 Å². The van der Waals surface area contributed by atoms with E-state index < -0.39 is 6.00 Å². The molecule has 0 aromatic carbocycles. The number of likely N-dealkylation sites (tertiary alicyclic amines) is 1. The van der Waals surface area contributed by atoms with E-state index >= 15 is 0 Å². The van der Waals surface area contributed by atoms with Gasteiger partial charge in [-0.2, -0.15) is 0 Å². The first-order valence-electron chi connectivity index (χ1n) is 9.35. The van der Waals surface area contributed by atoms with Crippen LogP contribution in [0.2, 0.25) is 0 Å². The Morgan fingerprint density at radius 1 is 1.16 bits per heavy atom. The summed E-state index contributed by atoms with van der Waals surface area (Å²) in [5.41, 5.74) is 0. The topological polar surface area (TPSA) is 72.9 Å². The van der Waals surface area contributed by atoms with E-state index in [0.717, 1.165) is 19.3 Å². The normalized spacial score (nSPS) is 27.3. The molecule has 2 radical (unpaired) electrons. The fourth-order valence-electron chi connectivity index (χ4n) is 3.57. The number of carbonyl (C=O) groups excluding carboxylic acids is 3. The molecule has 2 aliphatic rings. The van der Waals surface area contributed by atoms with Gasteiger partial charge >= 0.3 is 5.97 Å². The lowest BCUT2D eigenvalue weighted by atomic mass is 9.91. The zero-order valence-electron chi connectivity index (χ0n) is 15.2. The van der Waals surface area contributed by atoms with Crippen LogP contribution in [0.1, 0.15) is 58.8 Å². The summed E-state index contributed by atoms with van der Waals surface area (Å²) in [5, 5.41) is 0. The lowest BCUT2D eigenvalue weighted by Crippen LogP contribution is -2.40. The molecule has 2 rings (SSSR count). The molecule has 2 saturated heterocycles. The molecule has 0 N–H and O–H groups in total. The molecule has 3 atom stereocenters. The third-order valence-corrected chi connectivity index (χ3v) is 5.11. The summed E-state index contributed by atoms with van der Waals surface area (Å²) in [6.45, 7) is 5.01. The zero-order chi connectivity index (χ0) is 18.4. The first kappa shape index (κ1) is 20.0. The summed E-state index contributed by atoms with van der Waals surface area (Å²) in [6.07, 6.45) is 2.95. The van der Waals surface area contributed by atoms with Gasteiger partial charge in [-0.05, 0) is 19.3 Å². The minimum Gasteiger partial charge on any atom is -0.460 e. The fourth-order valence-corrected chi connectivity index (χ4v) is 3.57. The number of amides is 1. The van der Waals surface area contributed by atoms with Gasteiger partial charge in [0.25, 0.3) is 0 Å². The molecule has 2 aliphatic heterocycles. The van der Waals surface area contributed by atoms with Crippen molar-refractivity contribution in [3.63, 3.8) is 0 Å². The third kappa shape index (κ3) is 5.56. The van der Waals surface area contributed by atoms with Gasteiger partial charge in [0.05, 0.1) is 12.5 Å². The van der Waals surface area contributed by atoms with Crippen molar-refractivity contribution in [1.29, 1.82) is 0 Å². The van der Waals surface area contributed by atoms with Gasteiger partial charge in [-0.1, -0.05) is 13.8 Å². The molecule has 25 heavy (non-hydrogen) atoms. The highest BCUT2D eigenvalue weighted by molar-refractivity contribution is 6.11. The predicted octanol–water partition coefficient (Wildman–Crippen LogP) is 1.59. The number of ketones is 1. The number of carbonyl (C=O) groups is 3. The molecule has 0 aromatic heterocycles. The van der Waals surface area contributed by atoms with Crippen LogP contribution in [0.5, 0.6) is 0 Å². The van der Waals surface area contributed by atoms with Gasteiger partial charge in [0.15, 0.2) is 0 Å². The number of rotatable bonds is 7. The minimum absolute atomic E-state index is 0.0502. The second kappa shape index (κ2) is 9.37. The second-order valence-electron chi connectivity index (χ2n) is 6.86. The van der Waals surface area contributed by atoms with Gasteiger partial charge in [-0.15, -0.1) is 0 Å². The van der Waals surface area contributed by atoms with Crippen LogP contribution in [-0.2, 0) is 23.9 Å². The van der Waals surface area contributed by atoms with Crippen LogP contribution < -0.4 is 0 Å². The van der Waals surface area contributed by atoms with Crippen LogP contribution in [0.15, 0.2) is 0 Å². The Kier molecular flexibility index (Phi) is 7.47. The van der Waals surface area contributed by atoms with Crippen LogP contribution in [-0.4, -0.2) is 61.7 Å². The van der Waals surface area contributed by atoms with Crippen molar-refractivity contribution < 1.29 is 23.9 Å². The number of hydrogen-bond acceptors (Lipinski definition) is 5. The molecule has 0 saturated carbocycles. The average molecular weight is 349 g/mol. The monoisotopic (exact) mass is 349 g/mol. The first-order valence-corrected chi connectivity index (χ1v) is 9.35. The second-order valence-corrected chi connectivity index (χ2v) is 6.86. The van der Waals surface area contributed by atoms with Gasteiger partial charge in [0.2, 0.25) is 5.91 Å². The lowest BCUT2D eigenvalue weighted by Gasteiger charge is -2.31. The first-order chi connectivity index (χ1) is 11.9. The summed E-state index contributed by atoms with van der Waals surface area (Å²) in [6, 6.07) is -0.392. The highest BCUT2D eigenvalue weighted by Gasteiger charge is 2.34. The summed E-state index contributed by atoms with van der Waals surface area (Å²) in [4.78, 5) is 37.7. The van der Waals surface area contributed by atoms with Crippen LogP contribution in [0.3, 0.4) is 0 Å². The molecule has 0 spiro atoms. The molecule has 7 heteroatoms. The Labute approximate surface area is 151 Å². The van der Waals surface area contributed by atoms with E-state index in [1.807, 2.05) is 13.8 Å². The number of hydrogen-bond donors (Lipinski definition) is 0. The quantitative estimate of drug-likeness (QED) is 0.516. The molecule has 1 amide bonds. The van der Waals surface area contributed by atoms with Crippen LogP contribution >= 0.6 is 0 Å². The molecule has 1 unspecified atom stereocenters. The molecule has 138 valence electrons. The number of esters is 1. The summed E-state index contributed by atoms with van der Waals surface area (Å²) in [7, 11) is 5.73. The Balaban J connectivity index is 1.70. The van der Waals surface area contributed by atoms with E-state index in [1.54, 1.807) is 4.90 Å². The van der Waals surface area contributed by atoms with E-state index in [4.69, 9.17) is 17.3 Å². The van der Waals surface area contributed by atoms with Crippen molar-refractivity contribution in [3.8, 4) is 0 Å². The summed E-state index contributed by atoms with van der Waals surface area (Å²) >= 11 is 0. The maximum Gasteiger partial charge on any atom is 0.306 e. The number of ether oxygens (including phenoxy) is 2. The van der Waals surface area contributed by atoms with Crippen LogP contribution in [0.25, 0.3) is 0 Å². The van der Waals surface area contributed by atoms with E-state index in [-0.39, 0.29) is 48.6 Å². The number of Topliss-reactive ketones (excluding diaryl/α,β-unsaturated/α-hetero) is 1. The summed E-state index contributed by atoms with van der Waals surface area (Å²) < 4.78 is 10.9. The largest absolute Gasteiger partial charge is 0.460 e. The Morgan fingerprint density at radius 2 is 1.84 bits per heavy atom. The summed E-state index contributed by atoms with van der Waals surface area (Å²) in [5.74, 6) is -0.0778. The Hall–Kier alpha value is -1.37. The van der Waals surface area contributed by atoms with Gasteiger partial charge < -0.3 is 14.4 Å². The molecule has 6 nitrogen and oxygen atoms in total. The predicted molar refractivity (Wildman–Crippen MR) is 93.0 cm³/mol. The van der Waals surface area contributed by atoms with Gasteiger partial charge in [0.1, 0.15) is 19.7 Å². The number of piperidine rings is 1. The van der Waals surface area contributed by atoms with Crippen molar-refractivity contribution in [2.45, 2.75) is 77.0 Å². The van der Waals surface area contributed by atoms with Crippen molar-refractivity contribution in [1.82, 2.24) is 4.90 Å². The molecular formula is C18H28BNO5. The standard InChI is InChI=1S/C18H28BNO5/c1-3-13(21)12-7-9-20(10-8-12)17(22)5-6-18(23)25-15-11-16(19)24-14(15)4-2/h12,14-16H,3-11H2,1-2H3/t14-,15?,16-/m1/s1. The zero-order valence-corrected chi connectivity index (χ0v) is 15.2. The van der Waals surface area contributed by atoms with E-state index in [0.29, 0.717) is 25.9 Å². The molecule has 2 heterocycles. The molecule has 0 bridgehead atoms. The lowest BCUT2D eigenvalue weighted by molar-refractivity contribution is -0.153. The maximum atomic E-state index is 12.2. The molecule has 2 fully saturated rings. The van der Waals surface area contributed by atoms with Crippen molar-refractivity contribution >= 4 is 25.5 Å². The van der Waals surface area contributed by atoms with E-state index in [2.05, 4.69) is 0 Å². The molecular weight excluding hydrogens is 321 g/mol. The molecule has 0 aromatic rings.